The van der Waals surface area contributed by atoms with Gasteiger partial charge in [-0.25, -0.2) is 0 Å². The number of nitrogens with zero attached hydrogens (tertiary/aromatic N) is 1. The van der Waals surface area contributed by atoms with E-state index < -0.39 is 0 Å². The Morgan fingerprint density at radius 1 is 1.50 bits per heavy atom. The minimum Gasteiger partial charge on any atom is -0.469 e. The van der Waals surface area contributed by atoms with E-state index in [-0.39, 0.29) is 17.8 Å². The predicted molar refractivity (Wildman–Crippen MR) is 59.9 cm³/mol. The maximum atomic E-state index is 11.4. The largest absolute Gasteiger partial charge is 0.469 e. The average molecular weight is 228 g/mol. The summed E-state index contributed by atoms with van der Waals surface area (Å²) >= 11 is 0. The van der Waals surface area contributed by atoms with Crippen molar-refractivity contribution in [3.8, 4) is 0 Å². The fraction of sp³-hybridized carbons (Fsp3) is 0.818. The van der Waals surface area contributed by atoms with Crippen LogP contribution in [0, 0.1) is 5.92 Å². The molecule has 1 amide bonds. The van der Waals surface area contributed by atoms with Gasteiger partial charge in [-0.15, -0.1) is 0 Å². The van der Waals surface area contributed by atoms with Crippen LogP contribution in [0.2, 0.25) is 0 Å². The summed E-state index contributed by atoms with van der Waals surface area (Å²) in [7, 11) is 1.43. The van der Waals surface area contributed by atoms with E-state index in [0.717, 1.165) is 32.5 Å². The van der Waals surface area contributed by atoms with Gasteiger partial charge in [0.2, 0.25) is 5.91 Å². The number of ether oxygens (including phenoxy) is 1. The topological polar surface area (TPSA) is 58.6 Å². The van der Waals surface area contributed by atoms with Gasteiger partial charge in [-0.05, 0) is 19.4 Å². The molecule has 0 aliphatic carbocycles. The van der Waals surface area contributed by atoms with E-state index in [9.17, 15) is 9.59 Å². The number of hydrogen-bond acceptors (Lipinski definition) is 4. The first-order valence-corrected chi connectivity index (χ1v) is 5.68. The van der Waals surface area contributed by atoms with Crippen molar-refractivity contribution in [3.05, 3.63) is 0 Å². The number of nitrogens with one attached hydrogen (secondary N) is 1. The van der Waals surface area contributed by atoms with Crippen LogP contribution in [-0.4, -0.2) is 50.1 Å². The lowest BCUT2D eigenvalue weighted by molar-refractivity contribution is -0.147. The van der Waals surface area contributed by atoms with Crippen LogP contribution in [0.15, 0.2) is 0 Å². The molecular formula is C11H20N2O3. The summed E-state index contributed by atoms with van der Waals surface area (Å²) in [4.78, 5) is 24.3. The van der Waals surface area contributed by atoms with Crippen molar-refractivity contribution < 1.29 is 14.3 Å². The lowest BCUT2D eigenvalue weighted by Crippen LogP contribution is -2.42. The van der Waals surface area contributed by atoms with Crippen molar-refractivity contribution in [2.24, 2.45) is 5.92 Å². The van der Waals surface area contributed by atoms with Gasteiger partial charge in [0.25, 0.3) is 0 Å². The average Bonchev–Trinajstić information content (AvgIpc) is 2.28. The summed E-state index contributed by atoms with van der Waals surface area (Å²) in [6.07, 6.45) is 1.92. The van der Waals surface area contributed by atoms with E-state index in [0.29, 0.717) is 6.54 Å². The Bertz CT molecular complexity index is 256. The summed E-state index contributed by atoms with van der Waals surface area (Å²) in [5, 5.41) is 2.75. The number of hydrogen-bond donors (Lipinski definition) is 1. The quantitative estimate of drug-likeness (QED) is 0.688. The molecule has 1 atom stereocenters. The summed E-state index contributed by atoms with van der Waals surface area (Å²) < 4.78 is 4.75. The fourth-order valence-corrected chi connectivity index (χ4v) is 2.01. The Labute approximate surface area is 96.1 Å². The lowest BCUT2D eigenvalue weighted by Gasteiger charge is -2.31. The molecule has 5 heteroatoms. The summed E-state index contributed by atoms with van der Waals surface area (Å²) in [6, 6.07) is 0. The molecule has 1 aliphatic rings. The zero-order chi connectivity index (χ0) is 12.0. The highest BCUT2D eigenvalue weighted by molar-refractivity contribution is 5.73. The molecule has 0 radical (unpaired) electrons. The van der Waals surface area contributed by atoms with Crippen molar-refractivity contribution in [3.63, 3.8) is 0 Å². The van der Waals surface area contributed by atoms with E-state index in [1.54, 1.807) is 0 Å². The number of esters is 1. The highest BCUT2D eigenvalue weighted by Gasteiger charge is 2.25. The van der Waals surface area contributed by atoms with Gasteiger partial charge in [-0.2, -0.15) is 0 Å². The van der Waals surface area contributed by atoms with Gasteiger partial charge in [-0.1, -0.05) is 0 Å². The SMILES string of the molecule is COC(=O)[C@H]1CCCN(CCNC(C)=O)C1. The number of piperidine rings is 1. The van der Waals surface area contributed by atoms with Crippen LogP contribution in [0.1, 0.15) is 19.8 Å². The molecule has 1 N–H and O–H groups in total. The van der Waals surface area contributed by atoms with E-state index in [4.69, 9.17) is 4.74 Å². The van der Waals surface area contributed by atoms with Gasteiger partial charge >= 0.3 is 5.97 Å². The van der Waals surface area contributed by atoms with Crippen molar-refractivity contribution in [1.29, 1.82) is 0 Å². The number of carbonyl (C=O) groups is 2. The third-order valence-corrected chi connectivity index (χ3v) is 2.84. The minimum atomic E-state index is -0.121. The third kappa shape index (κ3) is 4.18. The molecule has 1 heterocycles. The molecule has 0 saturated carbocycles. The molecule has 92 valence electrons. The van der Waals surface area contributed by atoms with Gasteiger partial charge in [0.15, 0.2) is 0 Å². The highest BCUT2D eigenvalue weighted by atomic mass is 16.5. The van der Waals surface area contributed by atoms with Crippen LogP contribution in [0.3, 0.4) is 0 Å². The Balaban J connectivity index is 2.27. The summed E-state index contributed by atoms with van der Waals surface area (Å²) in [5.74, 6) is -0.137. The van der Waals surface area contributed by atoms with Crippen LogP contribution in [0.4, 0.5) is 0 Å². The van der Waals surface area contributed by atoms with Crippen LogP contribution in [0.5, 0.6) is 0 Å². The van der Waals surface area contributed by atoms with Gasteiger partial charge in [0.1, 0.15) is 0 Å². The highest BCUT2D eigenvalue weighted by Crippen LogP contribution is 2.16. The second-order valence-corrected chi connectivity index (χ2v) is 4.15. The zero-order valence-corrected chi connectivity index (χ0v) is 9.99. The predicted octanol–water partition coefficient (Wildman–Crippen LogP) is 0.00750. The number of amides is 1. The van der Waals surface area contributed by atoms with Gasteiger partial charge < -0.3 is 15.0 Å². The number of carbonyl (C=O) groups excluding carboxylic acids is 2. The second kappa shape index (κ2) is 6.48. The number of likely N-dealkylation sites (tertiary alicyclic amines) is 1. The van der Waals surface area contributed by atoms with Crippen molar-refractivity contribution in [1.82, 2.24) is 10.2 Å². The lowest BCUT2D eigenvalue weighted by atomic mass is 9.98. The summed E-state index contributed by atoms with van der Waals surface area (Å²) in [5.41, 5.74) is 0. The molecule has 1 rings (SSSR count). The van der Waals surface area contributed by atoms with Gasteiger partial charge in [0, 0.05) is 26.6 Å². The minimum absolute atomic E-state index is 0.00363. The van der Waals surface area contributed by atoms with Crippen molar-refractivity contribution in [2.45, 2.75) is 19.8 Å². The molecular weight excluding hydrogens is 208 g/mol. The van der Waals surface area contributed by atoms with Crippen LogP contribution in [-0.2, 0) is 14.3 Å². The van der Waals surface area contributed by atoms with Gasteiger partial charge in [0.05, 0.1) is 13.0 Å². The first-order valence-electron chi connectivity index (χ1n) is 5.68. The molecule has 1 saturated heterocycles. The maximum Gasteiger partial charge on any atom is 0.309 e. The standard InChI is InChI=1S/C11H20N2O3/c1-9(14)12-5-7-13-6-3-4-10(8-13)11(15)16-2/h10H,3-8H2,1-2H3,(H,12,14)/t10-/m0/s1. The fourth-order valence-electron chi connectivity index (χ4n) is 2.01. The molecule has 0 bridgehead atoms. The van der Waals surface area contributed by atoms with Crippen LogP contribution in [0.25, 0.3) is 0 Å². The molecule has 0 spiro atoms. The van der Waals surface area contributed by atoms with Crippen LogP contribution < -0.4 is 5.32 Å². The maximum absolute atomic E-state index is 11.4. The molecule has 0 aromatic heterocycles. The second-order valence-electron chi connectivity index (χ2n) is 4.15. The van der Waals surface area contributed by atoms with Gasteiger partial charge in [-0.3, -0.25) is 9.59 Å². The normalized spacial score (nSPS) is 21.5. The molecule has 16 heavy (non-hydrogen) atoms. The smallest absolute Gasteiger partial charge is 0.309 e. The Kier molecular flexibility index (Phi) is 5.25. The molecule has 1 fully saturated rings. The number of rotatable bonds is 4. The Hall–Kier alpha value is -1.10. The monoisotopic (exact) mass is 228 g/mol. The molecule has 0 aromatic carbocycles. The van der Waals surface area contributed by atoms with E-state index in [1.807, 2.05) is 0 Å². The molecule has 1 aliphatic heterocycles. The molecule has 0 aromatic rings. The van der Waals surface area contributed by atoms with E-state index in [1.165, 1.54) is 14.0 Å². The molecule has 5 nitrogen and oxygen atoms in total. The van der Waals surface area contributed by atoms with Crippen molar-refractivity contribution in [2.75, 3.05) is 33.3 Å². The first-order chi connectivity index (χ1) is 7.63. The van der Waals surface area contributed by atoms with E-state index >= 15 is 0 Å². The summed E-state index contributed by atoms with van der Waals surface area (Å²) in [6.45, 7) is 4.68. The third-order valence-electron chi connectivity index (χ3n) is 2.84. The molecule has 0 unspecified atom stereocenters. The first kappa shape index (κ1) is 13.0. The number of methoxy groups -OCH3 is 1. The van der Waals surface area contributed by atoms with E-state index in [2.05, 4.69) is 10.2 Å². The Morgan fingerprint density at radius 2 is 2.25 bits per heavy atom. The van der Waals surface area contributed by atoms with Crippen LogP contribution >= 0.6 is 0 Å². The van der Waals surface area contributed by atoms with Crippen molar-refractivity contribution >= 4 is 11.9 Å². The Morgan fingerprint density at radius 3 is 2.88 bits per heavy atom. The zero-order valence-electron chi connectivity index (χ0n) is 9.99.